The van der Waals surface area contributed by atoms with Gasteiger partial charge in [-0.1, -0.05) is 6.92 Å². The van der Waals surface area contributed by atoms with Crippen LogP contribution in [0.3, 0.4) is 0 Å². The molecule has 0 saturated heterocycles. The molecule has 19 heavy (non-hydrogen) atoms. The third-order valence-corrected chi connectivity index (χ3v) is 3.18. The van der Waals surface area contributed by atoms with E-state index in [4.69, 9.17) is 14.2 Å². The minimum Gasteiger partial charge on any atom is -0.495 e. The van der Waals surface area contributed by atoms with Crippen LogP contribution in [0, 0.1) is 5.92 Å². The molecule has 1 aromatic carbocycles. The van der Waals surface area contributed by atoms with E-state index in [0.29, 0.717) is 28.7 Å². The number of hydrogen-bond donors (Lipinski definition) is 0. The smallest absolute Gasteiger partial charge is 0.321 e. The minimum atomic E-state index is -0.773. The zero-order chi connectivity index (χ0) is 14.4. The fourth-order valence-electron chi connectivity index (χ4n) is 1.41. The Labute approximate surface area is 120 Å². The molecule has 0 saturated carbocycles. The average molecular weight is 331 g/mol. The molecule has 1 unspecified atom stereocenters. The lowest BCUT2D eigenvalue weighted by molar-refractivity contribution is -0.141. The van der Waals surface area contributed by atoms with Gasteiger partial charge in [-0.3, -0.25) is 4.79 Å². The van der Waals surface area contributed by atoms with E-state index in [9.17, 15) is 9.59 Å². The van der Waals surface area contributed by atoms with Crippen molar-refractivity contribution in [2.75, 3.05) is 14.2 Å². The summed E-state index contributed by atoms with van der Waals surface area (Å²) in [5, 5.41) is 0. The molecule has 0 bridgehead atoms. The van der Waals surface area contributed by atoms with Gasteiger partial charge >= 0.3 is 5.97 Å². The number of hydrogen-bond acceptors (Lipinski definition) is 5. The first-order chi connectivity index (χ1) is 9.07. The summed E-state index contributed by atoms with van der Waals surface area (Å²) in [4.78, 5) is 22.5. The Bertz CT molecular complexity index is 472. The number of methoxy groups -OCH3 is 2. The first-order valence-corrected chi connectivity index (χ1v) is 6.45. The molecule has 1 aromatic rings. The van der Waals surface area contributed by atoms with E-state index in [-0.39, 0.29) is 5.75 Å². The van der Waals surface area contributed by atoms with Crippen molar-refractivity contribution in [1.29, 1.82) is 0 Å². The molecule has 0 aliphatic heterocycles. The van der Waals surface area contributed by atoms with Gasteiger partial charge in [0.15, 0.2) is 11.5 Å². The maximum absolute atomic E-state index is 11.8. The van der Waals surface area contributed by atoms with Crippen LogP contribution in [0.4, 0.5) is 0 Å². The second-order valence-electron chi connectivity index (χ2n) is 3.71. The summed E-state index contributed by atoms with van der Waals surface area (Å²) >= 11 is 3.29. The van der Waals surface area contributed by atoms with Gasteiger partial charge in [0.1, 0.15) is 18.0 Å². The van der Waals surface area contributed by atoms with Gasteiger partial charge in [-0.25, -0.2) is 0 Å². The second kappa shape index (κ2) is 7.13. The van der Waals surface area contributed by atoms with Gasteiger partial charge in [0, 0.05) is 12.1 Å². The molecule has 5 nitrogen and oxygen atoms in total. The lowest BCUT2D eigenvalue weighted by Crippen LogP contribution is -2.21. The van der Waals surface area contributed by atoms with Crippen molar-refractivity contribution in [3.8, 4) is 17.2 Å². The molecule has 1 rings (SSSR count). The van der Waals surface area contributed by atoms with Gasteiger partial charge < -0.3 is 19.0 Å². The predicted molar refractivity (Wildman–Crippen MR) is 72.7 cm³/mol. The van der Waals surface area contributed by atoms with E-state index >= 15 is 0 Å². The molecule has 0 heterocycles. The zero-order valence-electron chi connectivity index (χ0n) is 10.9. The normalized spacial score (nSPS) is 11.6. The van der Waals surface area contributed by atoms with E-state index < -0.39 is 11.9 Å². The minimum absolute atomic E-state index is 0.237. The molecular formula is C13H15BrO5. The summed E-state index contributed by atoms with van der Waals surface area (Å²) in [7, 11) is 2.97. The van der Waals surface area contributed by atoms with Gasteiger partial charge in [0.25, 0.3) is 0 Å². The highest BCUT2D eigenvalue weighted by Crippen LogP contribution is 2.37. The number of halogens is 1. The van der Waals surface area contributed by atoms with Gasteiger partial charge in [0.2, 0.25) is 0 Å². The van der Waals surface area contributed by atoms with Crippen LogP contribution in [-0.2, 0) is 9.59 Å². The third-order valence-electron chi connectivity index (χ3n) is 2.56. The van der Waals surface area contributed by atoms with Crippen molar-refractivity contribution >= 4 is 28.2 Å². The molecule has 0 radical (unpaired) electrons. The summed E-state index contributed by atoms with van der Waals surface area (Å²) < 4.78 is 16.0. The second-order valence-corrected chi connectivity index (χ2v) is 4.56. The average Bonchev–Trinajstić information content (AvgIpc) is 2.40. The van der Waals surface area contributed by atoms with Crippen LogP contribution in [0.5, 0.6) is 17.2 Å². The Morgan fingerprint density at radius 2 is 1.89 bits per heavy atom. The van der Waals surface area contributed by atoms with Gasteiger partial charge in [-0.2, -0.15) is 0 Å². The quantitative estimate of drug-likeness (QED) is 0.347. The molecule has 0 aromatic heterocycles. The first-order valence-electron chi connectivity index (χ1n) is 5.65. The summed E-state index contributed by atoms with van der Waals surface area (Å²) in [6.07, 6.45) is 0.968. The number of esters is 1. The van der Waals surface area contributed by atoms with Crippen LogP contribution < -0.4 is 14.2 Å². The highest BCUT2D eigenvalue weighted by molar-refractivity contribution is 9.10. The van der Waals surface area contributed by atoms with Crippen molar-refractivity contribution in [3.63, 3.8) is 0 Å². The van der Waals surface area contributed by atoms with Crippen molar-refractivity contribution in [1.82, 2.24) is 0 Å². The summed E-state index contributed by atoms with van der Waals surface area (Å²) in [5.41, 5.74) is 0. The molecule has 6 heteroatoms. The Morgan fingerprint density at radius 1 is 1.26 bits per heavy atom. The molecular weight excluding hydrogens is 316 g/mol. The van der Waals surface area contributed by atoms with E-state index in [1.54, 1.807) is 19.1 Å². The topological polar surface area (TPSA) is 61.8 Å². The number of aldehydes is 1. The fraction of sp³-hybridized carbons (Fsp3) is 0.385. The van der Waals surface area contributed by atoms with Crippen molar-refractivity contribution in [3.05, 3.63) is 16.6 Å². The molecule has 0 aliphatic rings. The highest BCUT2D eigenvalue weighted by atomic mass is 79.9. The lowest BCUT2D eigenvalue weighted by atomic mass is 10.1. The van der Waals surface area contributed by atoms with E-state index in [0.717, 1.165) is 0 Å². The number of benzene rings is 1. The van der Waals surface area contributed by atoms with Crippen LogP contribution in [0.2, 0.25) is 0 Å². The monoisotopic (exact) mass is 330 g/mol. The van der Waals surface area contributed by atoms with Gasteiger partial charge in [0.05, 0.1) is 18.7 Å². The molecule has 104 valence electrons. The Hall–Kier alpha value is -1.56. The van der Waals surface area contributed by atoms with Crippen LogP contribution in [-0.4, -0.2) is 26.5 Å². The maximum Gasteiger partial charge on any atom is 0.321 e. The van der Waals surface area contributed by atoms with E-state index in [2.05, 4.69) is 15.9 Å². The van der Waals surface area contributed by atoms with E-state index in [1.807, 2.05) is 0 Å². The zero-order valence-corrected chi connectivity index (χ0v) is 12.5. The van der Waals surface area contributed by atoms with Crippen molar-refractivity contribution in [2.24, 2.45) is 5.92 Å². The third kappa shape index (κ3) is 3.70. The lowest BCUT2D eigenvalue weighted by Gasteiger charge is -2.13. The van der Waals surface area contributed by atoms with Gasteiger partial charge in [-0.15, -0.1) is 0 Å². The first kappa shape index (κ1) is 15.5. The number of carbonyl (C=O) groups excluding carboxylic acids is 2. The summed E-state index contributed by atoms with van der Waals surface area (Å²) in [6.45, 7) is 1.74. The Kier molecular flexibility index (Phi) is 5.82. The Morgan fingerprint density at radius 3 is 2.37 bits per heavy atom. The predicted octanol–water partition coefficient (Wildman–Crippen LogP) is 2.60. The largest absolute Gasteiger partial charge is 0.495 e. The number of carbonyl (C=O) groups is 2. The Balaban J connectivity index is 3.03. The molecule has 1 atom stereocenters. The van der Waals surface area contributed by atoms with Gasteiger partial charge in [-0.05, 0) is 22.4 Å². The van der Waals surface area contributed by atoms with Crippen LogP contribution >= 0.6 is 15.9 Å². The van der Waals surface area contributed by atoms with Crippen molar-refractivity contribution in [2.45, 2.75) is 13.3 Å². The molecule has 0 amide bonds. The van der Waals surface area contributed by atoms with Crippen LogP contribution in [0.15, 0.2) is 16.6 Å². The molecule has 0 aliphatic carbocycles. The number of ether oxygens (including phenoxy) is 3. The number of rotatable bonds is 6. The van der Waals surface area contributed by atoms with Crippen LogP contribution in [0.1, 0.15) is 13.3 Å². The summed E-state index contributed by atoms with van der Waals surface area (Å²) in [6, 6.07) is 3.15. The fourth-order valence-corrected chi connectivity index (χ4v) is 1.90. The molecule has 0 fully saturated rings. The maximum atomic E-state index is 11.8. The molecule has 0 spiro atoms. The SMILES string of the molecule is CCC(C=O)C(=O)Oc1cc(Br)c(OC)cc1OC. The van der Waals surface area contributed by atoms with Crippen molar-refractivity contribution < 1.29 is 23.8 Å². The summed E-state index contributed by atoms with van der Waals surface area (Å²) in [5.74, 6) is -0.229. The standard InChI is InChI=1S/C13H15BrO5/c1-4-8(7-15)13(16)19-12-5-9(14)10(17-2)6-11(12)18-3/h5-8H,4H2,1-3H3. The van der Waals surface area contributed by atoms with E-state index in [1.165, 1.54) is 14.2 Å². The highest BCUT2D eigenvalue weighted by Gasteiger charge is 2.20. The van der Waals surface area contributed by atoms with Crippen LogP contribution in [0.25, 0.3) is 0 Å². The molecule has 0 N–H and O–H groups in total.